The van der Waals surface area contributed by atoms with Crippen molar-refractivity contribution in [2.75, 3.05) is 6.61 Å². The highest BCUT2D eigenvalue weighted by Crippen LogP contribution is 2.26. The molecule has 0 fully saturated rings. The van der Waals surface area contributed by atoms with Crippen LogP contribution in [0.5, 0.6) is 5.75 Å². The summed E-state index contributed by atoms with van der Waals surface area (Å²) in [4.78, 5) is 12.1. The van der Waals surface area contributed by atoms with E-state index in [-0.39, 0.29) is 5.78 Å². The minimum absolute atomic E-state index is 0.0414. The van der Waals surface area contributed by atoms with Crippen LogP contribution in [0.3, 0.4) is 0 Å². The zero-order chi connectivity index (χ0) is 11.8. The molecule has 0 radical (unpaired) electrons. The molecular formula is C13H12N2O2. The smallest absolute Gasteiger partial charge is 0.213 e. The predicted octanol–water partition coefficient (Wildman–Crippen LogP) is 1.59. The maximum atomic E-state index is 12.1. The van der Waals surface area contributed by atoms with Crippen LogP contribution in [0, 0.1) is 0 Å². The molecule has 1 aliphatic rings. The molecule has 1 aliphatic heterocycles. The van der Waals surface area contributed by atoms with Crippen LogP contribution in [0.2, 0.25) is 0 Å². The molecule has 0 aliphatic carbocycles. The monoisotopic (exact) mass is 228 g/mol. The Morgan fingerprint density at radius 1 is 1.41 bits per heavy atom. The van der Waals surface area contributed by atoms with Gasteiger partial charge in [-0.2, -0.15) is 5.10 Å². The molecule has 0 unspecified atom stereocenters. The van der Waals surface area contributed by atoms with Gasteiger partial charge in [0.05, 0.1) is 6.61 Å². The normalized spacial score (nSPS) is 13.2. The van der Waals surface area contributed by atoms with Gasteiger partial charge in [-0.1, -0.05) is 0 Å². The minimum Gasteiger partial charge on any atom is -0.493 e. The molecule has 0 N–H and O–H groups in total. The first-order valence-corrected chi connectivity index (χ1v) is 5.54. The van der Waals surface area contributed by atoms with Crippen molar-refractivity contribution in [3.05, 3.63) is 47.3 Å². The SMILES string of the molecule is Cn1ccc(C(=O)c2ccc3c(c2)CCO3)n1. The second-order valence-corrected chi connectivity index (χ2v) is 4.12. The molecule has 0 saturated carbocycles. The molecule has 1 aromatic carbocycles. The molecule has 0 atom stereocenters. The van der Waals surface area contributed by atoms with E-state index in [1.165, 1.54) is 0 Å². The van der Waals surface area contributed by atoms with Crippen molar-refractivity contribution in [1.29, 1.82) is 0 Å². The Kier molecular flexibility index (Phi) is 2.21. The Hall–Kier alpha value is -2.10. The van der Waals surface area contributed by atoms with Gasteiger partial charge >= 0.3 is 0 Å². The zero-order valence-corrected chi connectivity index (χ0v) is 9.51. The number of carbonyl (C=O) groups excluding carboxylic acids is 1. The van der Waals surface area contributed by atoms with E-state index < -0.39 is 0 Å². The number of ketones is 1. The minimum atomic E-state index is -0.0414. The molecular weight excluding hydrogens is 216 g/mol. The molecule has 4 nitrogen and oxygen atoms in total. The van der Waals surface area contributed by atoms with E-state index in [2.05, 4.69) is 5.10 Å². The van der Waals surface area contributed by atoms with Crippen molar-refractivity contribution in [3.63, 3.8) is 0 Å². The molecule has 3 rings (SSSR count). The average molecular weight is 228 g/mol. The number of aryl methyl sites for hydroxylation is 1. The summed E-state index contributed by atoms with van der Waals surface area (Å²) in [7, 11) is 1.80. The lowest BCUT2D eigenvalue weighted by Crippen LogP contribution is -2.03. The summed E-state index contributed by atoms with van der Waals surface area (Å²) in [5.41, 5.74) is 2.26. The van der Waals surface area contributed by atoms with Gasteiger partial charge in [-0.05, 0) is 29.8 Å². The summed E-state index contributed by atoms with van der Waals surface area (Å²) in [5.74, 6) is 0.850. The summed E-state index contributed by atoms with van der Waals surface area (Å²) in [6.07, 6.45) is 2.64. The third-order valence-electron chi connectivity index (χ3n) is 2.90. The van der Waals surface area contributed by atoms with E-state index in [4.69, 9.17) is 4.74 Å². The molecule has 17 heavy (non-hydrogen) atoms. The fraction of sp³-hybridized carbons (Fsp3) is 0.231. The predicted molar refractivity (Wildman–Crippen MR) is 62.3 cm³/mol. The van der Waals surface area contributed by atoms with Crippen LogP contribution in [0.4, 0.5) is 0 Å². The zero-order valence-electron chi connectivity index (χ0n) is 9.51. The van der Waals surface area contributed by atoms with E-state index in [1.54, 1.807) is 30.1 Å². The molecule has 2 heterocycles. The van der Waals surface area contributed by atoms with Crippen molar-refractivity contribution < 1.29 is 9.53 Å². The van der Waals surface area contributed by atoms with Gasteiger partial charge in [0.15, 0.2) is 0 Å². The molecule has 0 spiro atoms. The average Bonchev–Trinajstić information content (AvgIpc) is 2.95. The number of ether oxygens (including phenoxy) is 1. The maximum absolute atomic E-state index is 12.1. The lowest BCUT2D eigenvalue weighted by atomic mass is 10.0. The molecule has 2 aromatic rings. The number of rotatable bonds is 2. The Bertz CT molecular complexity index is 587. The van der Waals surface area contributed by atoms with Gasteiger partial charge in [0.1, 0.15) is 11.4 Å². The van der Waals surface area contributed by atoms with E-state index in [0.717, 1.165) is 17.7 Å². The number of hydrogen-bond acceptors (Lipinski definition) is 3. The molecule has 0 amide bonds. The first-order valence-electron chi connectivity index (χ1n) is 5.54. The van der Waals surface area contributed by atoms with Gasteiger partial charge in [0.25, 0.3) is 0 Å². The van der Waals surface area contributed by atoms with Crippen molar-refractivity contribution in [1.82, 2.24) is 9.78 Å². The first-order chi connectivity index (χ1) is 8.24. The second-order valence-electron chi connectivity index (χ2n) is 4.12. The Morgan fingerprint density at radius 3 is 3.06 bits per heavy atom. The van der Waals surface area contributed by atoms with Crippen molar-refractivity contribution in [2.45, 2.75) is 6.42 Å². The highest BCUT2D eigenvalue weighted by molar-refractivity contribution is 6.07. The molecule has 86 valence electrons. The fourth-order valence-electron chi connectivity index (χ4n) is 2.01. The van der Waals surface area contributed by atoms with Gasteiger partial charge < -0.3 is 4.74 Å². The lowest BCUT2D eigenvalue weighted by Gasteiger charge is -2.01. The maximum Gasteiger partial charge on any atom is 0.213 e. The van der Waals surface area contributed by atoms with Gasteiger partial charge in [-0.25, -0.2) is 0 Å². The van der Waals surface area contributed by atoms with Gasteiger partial charge in [-0.3, -0.25) is 9.48 Å². The van der Waals surface area contributed by atoms with Gasteiger partial charge in [-0.15, -0.1) is 0 Å². The summed E-state index contributed by atoms with van der Waals surface area (Å²) >= 11 is 0. The number of hydrogen-bond donors (Lipinski definition) is 0. The highest BCUT2D eigenvalue weighted by atomic mass is 16.5. The quantitative estimate of drug-likeness (QED) is 0.733. The van der Waals surface area contributed by atoms with Crippen LogP contribution in [-0.2, 0) is 13.5 Å². The number of carbonyl (C=O) groups is 1. The van der Waals surface area contributed by atoms with E-state index >= 15 is 0 Å². The number of nitrogens with zero attached hydrogens (tertiary/aromatic N) is 2. The second kappa shape index (κ2) is 3.73. The van der Waals surface area contributed by atoms with Crippen LogP contribution in [0.25, 0.3) is 0 Å². The lowest BCUT2D eigenvalue weighted by molar-refractivity contribution is 0.103. The van der Waals surface area contributed by atoms with Crippen LogP contribution in [0.1, 0.15) is 21.6 Å². The third kappa shape index (κ3) is 1.71. The standard InChI is InChI=1S/C13H12N2O2/c1-15-6-4-11(14-15)13(16)10-2-3-12-9(8-10)5-7-17-12/h2-4,6,8H,5,7H2,1H3. The van der Waals surface area contributed by atoms with Crippen LogP contribution >= 0.6 is 0 Å². The van der Waals surface area contributed by atoms with E-state index in [9.17, 15) is 4.79 Å². The molecule has 4 heteroatoms. The topological polar surface area (TPSA) is 44.1 Å². The van der Waals surface area contributed by atoms with E-state index in [0.29, 0.717) is 17.9 Å². The van der Waals surface area contributed by atoms with Crippen LogP contribution in [0.15, 0.2) is 30.5 Å². The fourth-order valence-corrected chi connectivity index (χ4v) is 2.01. The summed E-state index contributed by atoms with van der Waals surface area (Å²) in [5, 5.41) is 4.12. The number of fused-ring (bicyclic) bond motifs is 1. The first kappa shape index (κ1) is 10.1. The summed E-state index contributed by atoms with van der Waals surface area (Å²) in [6, 6.07) is 7.28. The van der Waals surface area contributed by atoms with Crippen molar-refractivity contribution >= 4 is 5.78 Å². The van der Waals surface area contributed by atoms with Crippen molar-refractivity contribution in [3.8, 4) is 5.75 Å². The third-order valence-corrected chi connectivity index (χ3v) is 2.90. The highest BCUT2D eigenvalue weighted by Gasteiger charge is 2.17. The number of aromatic nitrogens is 2. The molecule has 0 bridgehead atoms. The Labute approximate surface area is 98.8 Å². The summed E-state index contributed by atoms with van der Waals surface area (Å²) < 4.78 is 7.04. The Morgan fingerprint density at radius 2 is 2.29 bits per heavy atom. The van der Waals surface area contributed by atoms with Gasteiger partial charge in [0.2, 0.25) is 5.78 Å². The van der Waals surface area contributed by atoms with Gasteiger partial charge in [0, 0.05) is 25.2 Å². The molecule has 0 saturated heterocycles. The van der Waals surface area contributed by atoms with E-state index in [1.807, 2.05) is 12.1 Å². The van der Waals surface area contributed by atoms with Crippen molar-refractivity contribution in [2.24, 2.45) is 7.05 Å². The number of benzene rings is 1. The molecule has 1 aromatic heterocycles. The van der Waals surface area contributed by atoms with Crippen LogP contribution in [-0.4, -0.2) is 22.2 Å². The summed E-state index contributed by atoms with van der Waals surface area (Å²) in [6.45, 7) is 0.705. The Balaban J connectivity index is 1.97. The van der Waals surface area contributed by atoms with Crippen LogP contribution < -0.4 is 4.74 Å². The largest absolute Gasteiger partial charge is 0.493 e.